The molecule has 0 aliphatic heterocycles. The molecule has 0 aromatic heterocycles. The molecule has 0 fully saturated rings. The Balaban J connectivity index is 4.39. The summed E-state index contributed by atoms with van der Waals surface area (Å²) in [6, 6.07) is 0. The summed E-state index contributed by atoms with van der Waals surface area (Å²) in [5.41, 5.74) is 0. The minimum atomic E-state index is 0.912. The number of hydrogen-bond donors (Lipinski definition) is 0. The van der Waals surface area contributed by atoms with Gasteiger partial charge in [0.25, 0.3) is 0 Å². The molecular formula is C21H44. The molecule has 0 bridgehead atoms. The summed E-state index contributed by atoms with van der Waals surface area (Å²) in [5.74, 6) is 4.72. The minimum absolute atomic E-state index is 0.912. The topological polar surface area (TPSA) is 0 Å². The van der Waals surface area contributed by atoms with E-state index in [2.05, 4.69) is 48.5 Å². The molecule has 0 saturated carbocycles. The quantitative estimate of drug-likeness (QED) is 0.326. The van der Waals surface area contributed by atoms with E-state index in [1.807, 2.05) is 0 Å². The maximum absolute atomic E-state index is 2.43. The van der Waals surface area contributed by atoms with Gasteiger partial charge in [-0.3, -0.25) is 0 Å². The van der Waals surface area contributed by atoms with Gasteiger partial charge in [-0.15, -0.1) is 0 Å². The summed E-state index contributed by atoms with van der Waals surface area (Å²) in [7, 11) is 0. The zero-order chi connectivity index (χ0) is 16.3. The van der Waals surface area contributed by atoms with E-state index >= 15 is 0 Å². The normalized spacial score (nSPS) is 19.0. The van der Waals surface area contributed by atoms with Crippen molar-refractivity contribution >= 4 is 0 Å². The molecule has 0 N–H and O–H groups in total. The summed E-state index contributed by atoms with van der Waals surface area (Å²) in [6.45, 7) is 16.8. The van der Waals surface area contributed by atoms with Crippen LogP contribution in [0.1, 0.15) is 106 Å². The average molecular weight is 297 g/mol. The third-order valence-electron chi connectivity index (χ3n) is 5.93. The van der Waals surface area contributed by atoms with Crippen LogP contribution in [0.15, 0.2) is 0 Å². The molecule has 0 aromatic rings. The largest absolute Gasteiger partial charge is 0.0651 e. The van der Waals surface area contributed by atoms with Crippen molar-refractivity contribution in [3.05, 3.63) is 0 Å². The van der Waals surface area contributed by atoms with Gasteiger partial charge in [-0.25, -0.2) is 0 Å². The van der Waals surface area contributed by atoms with E-state index in [9.17, 15) is 0 Å². The fraction of sp³-hybridized carbons (Fsp3) is 1.00. The van der Waals surface area contributed by atoms with Gasteiger partial charge in [-0.2, -0.15) is 0 Å². The van der Waals surface area contributed by atoms with Crippen molar-refractivity contribution in [3.8, 4) is 0 Å². The lowest BCUT2D eigenvalue weighted by atomic mass is 9.78. The van der Waals surface area contributed by atoms with Gasteiger partial charge in [-0.1, -0.05) is 80.6 Å². The van der Waals surface area contributed by atoms with Crippen LogP contribution in [0.25, 0.3) is 0 Å². The molecule has 0 aromatic carbocycles. The van der Waals surface area contributed by atoms with Crippen LogP contribution >= 0.6 is 0 Å². The Kier molecular flexibility index (Phi) is 12.5. The zero-order valence-corrected chi connectivity index (χ0v) is 16.3. The van der Waals surface area contributed by atoms with Gasteiger partial charge in [-0.05, 0) is 55.3 Å². The summed E-state index contributed by atoms with van der Waals surface area (Å²) in [4.78, 5) is 0. The lowest BCUT2D eigenvalue weighted by molar-refractivity contribution is 0.239. The van der Waals surface area contributed by atoms with E-state index in [0.29, 0.717) is 0 Å². The van der Waals surface area contributed by atoms with Crippen molar-refractivity contribution in [2.45, 2.75) is 106 Å². The molecule has 4 unspecified atom stereocenters. The minimum Gasteiger partial charge on any atom is -0.0651 e. The van der Waals surface area contributed by atoms with Gasteiger partial charge in [0.15, 0.2) is 0 Å². The first-order valence-corrected chi connectivity index (χ1v) is 10.00. The molecule has 128 valence electrons. The molecule has 0 rings (SSSR count). The zero-order valence-electron chi connectivity index (χ0n) is 16.3. The van der Waals surface area contributed by atoms with Crippen molar-refractivity contribution in [2.75, 3.05) is 0 Å². The van der Waals surface area contributed by atoms with Crippen molar-refractivity contribution in [1.29, 1.82) is 0 Å². The molecule has 0 heterocycles. The van der Waals surface area contributed by atoms with Crippen LogP contribution in [0.2, 0.25) is 0 Å². The Morgan fingerprint density at radius 3 is 0.952 bits per heavy atom. The smallest absolute Gasteiger partial charge is 0.0412 e. The van der Waals surface area contributed by atoms with E-state index in [1.54, 1.807) is 0 Å². The summed E-state index contributed by atoms with van der Waals surface area (Å²) in [6.07, 6.45) is 12.7. The average Bonchev–Trinajstić information content (AvgIpc) is 2.51. The Morgan fingerprint density at radius 2 is 0.714 bits per heavy atom. The summed E-state index contributed by atoms with van der Waals surface area (Å²) < 4.78 is 0. The van der Waals surface area contributed by atoms with Crippen LogP contribution in [0.5, 0.6) is 0 Å². The summed E-state index contributed by atoms with van der Waals surface area (Å²) in [5, 5.41) is 0. The first kappa shape index (κ1) is 21.0. The molecule has 0 heteroatoms. The van der Waals surface area contributed by atoms with Gasteiger partial charge < -0.3 is 0 Å². The fourth-order valence-electron chi connectivity index (χ4n) is 3.70. The molecule has 0 saturated heterocycles. The lowest BCUT2D eigenvalue weighted by Crippen LogP contribution is -2.16. The third-order valence-corrected chi connectivity index (χ3v) is 5.93. The maximum Gasteiger partial charge on any atom is -0.0412 e. The van der Waals surface area contributed by atoms with Gasteiger partial charge in [0, 0.05) is 0 Å². The number of rotatable bonds is 13. The monoisotopic (exact) mass is 296 g/mol. The second-order valence-corrected chi connectivity index (χ2v) is 7.79. The van der Waals surface area contributed by atoms with Crippen molar-refractivity contribution in [1.82, 2.24) is 0 Å². The van der Waals surface area contributed by atoms with Crippen molar-refractivity contribution in [2.24, 2.45) is 29.6 Å². The van der Waals surface area contributed by atoms with E-state index in [4.69, 9.17) is 0 Å². The Hall–Kier alpha value is 0. The van der Waals surface area contributed by atoms with Gasteiger partial charge >= 0.3 is 0 Å². The maximum atomic E-state index is 2.43. The third kappa shape index (κ3) is 9.59. The van der Waals surface area contributed by atoms with Gasteiger partial charge in [0.2, 0.25) is 0 Å². The molecule has 0 nitrogen and oxygen atoms in total. The van der Waals surface area contributed by atoms with E-state index in [-0.39, 0.29) is 0 Å². The lowest BCUT2D eigenvalue weighted by Gasteiger charge is -2.28. The van der Waals surface area contributed by atoms with Crippen LogP contribution in [-0.2, 0) is 0 Å². The molecule has 0 aliphatic carbocycles. The standard InChI is InChI=1S/C21H44/c1-8-17(6)13-19(10-3)15-21(12-5)16-20(11-4)14-18(7)9-2/h17-21H,8-16H2,1-7H3. The second-order valence-electron chi connectivity index (χ2n) is 7.79. The Morgan fingerprint density at radius 1 is 0.429 bits per heavy atom. The van der Waals surface area contributed by atoms with Crippen molar-refractivity contribution < 1.29 is 0 Å². The predicted molar refractivity (Wildman–Crippen MR) is 98.7 cm³/mol. The first-order chi connectivity index (χ1) is 10.00. The summed E-state index contributed by atoms with van der Waals surface area (Å²) >= 11 is 0. The van der Waals surface area contributed by atoms with E-state index < -0.39 is 0 Å². The van der Waals surface area contributed by atoms with Crippen molar-refractivity contribution in [3.63, 3.8) is 0 Å². The second kappa shape index (κ2) is 12.5. The van der Waals surface area contributed by atoms with Gasteiger partial charge in [0.05, 0.1) is 0 Å². The molecule has 0 aliphatic rings. The number of hydrogen-bond acceptors (Lipinski definition) is 0. The molecule has 0 spiro atoms. The highest BCUT2D eigenvalue weighted by Gasteiger charge is 2.20. The van der Waals surface area contributed by atoms with Crippen LogP contribution < -0.4 is 0 Å². The fourth-order valence-corrected chi connectivity index (χ4v) is 3.70. The first-order valence-electron chi connectivity index (χ1n) is 10.00. The molecule has 0 radical (unpaired) electrons. The molecule has 0 amide bonds. The predicted octanol–water partition coefficient (Wildman–Crippen LogP) is 7.72. The SMILES string of the molecule is CCC(C)CC(CC)CC(CC)CC(CC)CC(C)CC. The molecule has 21 heavy (non-hydrogen) atoms. The molecule has 4 atom stereocenters. The Bertz CT molecular complexity index is 198. The van der Waals surface area contributed by atoms with Crippen LogP contribution in [0.4, 0.5) is 0 Å². The highest BCUT2D eigenvalue weighted by Crippen LogP contribution is 2.32. The Labute approximate surface area is 136 Å². The van der Waals surface area contributed by atoms with Gasteiger partial charge in [0.1, 0.15) is 0 Å². The molecular weight excluding hydrogens is 252 g/mol. The highest BCUT2D eigenvalue weighted by atomic mass is 14.3. The highest BCUT2D eigenvalue weighted by molar-refractivity contribution is 4.72. The van der Waals surface area contributed by atoms with E-state index in [0.717, 1.165) is 29.6 Å². The van der Waals surface area contributed by atoms with Crippen LogP contribution in [0, 0.1) is 29.6 Å². The van der Waals surface area contributed by atoms with Crippen LogP contribution in [-0.4, -0.2) is 0 Å². The van der Waals surface area contributed by atoms with E-state index in [1.165, 1.54) is 57.8 Å². The van der Waals surface area contributed by atoms with Crippen LogP contribution in [0.3, 0.4) is 0 Å².